The first-order chi connectivity index (χ1) is 12.5. The topological polar surface area (TPSA) is 46.1 Å². The lowest BCUT2D eigenvalue weighted by Gasteiger charge is -2.24. The summed E-state index contributed by atoms with van der Waals surface area (Å²) >= 11 is 0. The second kappa shape index (κ2) is 7.98. The molecule has 2 heterocycles. The van der Waals surface area contributed by atoms with Crippen molar-refractivity contribution in [2.75, 3.05) is 18.0 Å². The number of Topliss-reactive ketones (excluding diaryl/α,β-unsaturated/α-hetero) is 1. The van der Waals surface area contributed by atoms with E-state index in [9.17, 15) is 4.79 Å². The Labute approximate surface area is 156 Å². The van der Waals surface area contributed by atoms with Gasteiger partial charge in [-0.15, -0.1) is 0 Å². The lowest BCUT2D eigenvalue weighted by Crippen LogP contribution is -2.24. The number of hydrogen-bond donors (Lipinski definition) is 0. The zero-order valence-corrected chi connectivity index (χ0v) is 16.0. The van der Waals surface area contributed by atoms with E-state index in [-0.39, 0.29) is 11.8 Å². The summed E-state index contributed by atoms with van der Waals surface area (Å²) in [5.74, 6) is 1.51. The summed E-state index contributed by atoms with van der Waals surface area (Å²) in [7, 11) is 0. The van der Waals surface area contributed by atoms with E-state index in [1.165, 1.54) is 16.8 Å². The molecule has 1 aliphatic rings. The van der Waals surface area contributed by atoms with Crippen LogP contribution in [0.4, 0.5) is 5.69 Å². The second-order valence-corrected chi connectivity index (χ2v) is 7.39. The first kappa shape index (κ1) is 18.6. The molecule has 4 nitrogen and oxygen atoms in total. The van der Waals surface area contributed by atoms with Crippen LogP contribution < -0.4 is 4.90 Å². The van der Waals surface area contributed by atoms with Gasteiger partial charge in [0.2, 0.25) is 0 Å². The maximum atomic E-state index is 11.7. The molecule has 2 aromatic rings. The van der Waals surface area contributed by atoms with Crippen molar-refractivity contribution in [2.24, 2.45) is 5.92 Å². The zero-order valence-electron chi connectivity index (χ0n) is 16.0. The van der Waals surface area contributed by atoms with Crippen molar-refractivity contribution in [3.63, 3.8) is 0 Å². The zero-order chi connectivity index (χ0) is 18.7. The molecule has 0 aliphatic carbocycles. The molecule has 2 unspecified atom stereocenters. The normalized spacial score (nSPS) is 19.1. The molecule has 1 aromatic carbocycles. The molecule has 4 heteroatoms. The van der Waals surface area contributed by atoms with Crippen molar-refractivity contribution in [1.29, 1.82) is 0 Å². The fourth-order valence-corrected chi connectivity index (χ4v) is 3.86. The molecule has 137 valence electrons. The molecule has 0 amide bonds. The van der Waals surface area contributed by atoms with Gasteiger partial charge in [-0.25, -0.2) is 9.97 Å². The third-order valence-electron chi connectivity index (χ3n) is 5.51. The van der Waals surface area contributed by atoms with Crippen LogP contribution >= 0.6 is 0 Å². The number of rotatable bonds is 4. The van der Waals surface area contributed by atoms with Crippen molar-refractivity contribution in [2.45, 2.75) is 46.0 Å². The SMILES string of the molecule is [CH2]c1ccnc(C(C)c2ccc(N3CCCC(C(C)=O)CC3)cc2C)n1. The summed E-state index contributed by atoms with van der Waals surface area (Å²) in [6, 6.07) is 8.47. The molecule has 3 rings (SSSR count). The molecular formula is C22H28N3O. The van der Waals surface area contributed by atoms with Gasteiger partial charge in [0.25, 0.3) is 0 Å². The Morgan fingerprint density at radius 2 is 2.08 bits per heavy atom. The average molecular weight is 350 g/mol. The molecule has 2 atom stereocenters. The molecule has 0 spiro atoms. The van der Waals surface area contributed by atoms with Crippen LogP contribution in [0.5, 0.6) is 0 Å². The smallest absolute Gasteiger partial charge is 0.135 e. The van der Waals surface area contributed by atoms with E-state index in [4.69, 9.17) is 0 Å². The molecular weight excluding hydrogens is 322 g/mol. The predicted molar refractivity (Wildman–Crippen MR) is 105 cm³/mol. The fourth-order valence-electron chi connectivity index (χ4n) is 3.86. The summed E-state index contributed by atoms with van der Waals surface area (Å²) in [5.41, 5.74) is 4.49. The quantitative estimate of drug-likeness (QED) is 0.824. The third-order valence-corrected chi connectivity index (χ3v) is 5.51. The van der Waals surface area contributed by atoms with Crippen LogP contribution in [0.3, 0.4) is 0 Å². The summed E-state index contributed by atoms with van der Waals surface area (Å²) in [4.78, 5) is 23.0. The maximum absolute atomic E-state index is 11.7. The molecule has 1 fully saturated rings. The molecule has 26 heavy (non-hydrogen) atoms. The van der Waals surface area contributed by atoms with E-state index in [1.807, 2.05) is 6.07 Å². The van der Waals surface area contributed by atoms with E-state index in [0.717, 1.165) is 43.9 Å². The molecule has 1 aromatic heterocycles. The van der Waals surface area contributed by atoms with Crippen LogP contribution in [-0.4, -0.2) is 28.8 Å². The van der Waals surface area contributed by atoms with Crippen LogP contribution in [0.25, 0.3) is 0 Å². The van der Waals surface area contributed by atoms with Crippen LogP contribution in [0.1, 0.15) is 61.7 Å². The van der Waals surface area contributed by atoms with Gasteiger partial charge in [0.1, 0.15) is 11.6 Å². The highest BCUT2D eigenvalue weighted by Gasteiger charge is 2.21. The summed E-state index contributed by atoms with van der Waals surface area (Å²) in [6.45, 7) is 11.9. The Morgan fingerprint density at radius 3 is 2.77 bits per heavy atom. The predicted octanol–water partition coefficient (Wildman–Crippen LogP) is 4.31. The number of aromatic nitrogens is 2. The van der Waals surface area contributed by atoms with E-state index in [0.29, 0.717) is 5.78 Å². The molecule has 0 bridgehead atoms. The highest BCUT2D eigenvalue weighted by molar-refractivity contribution is 5.78. The van der Waals surface area contributed by atoms with Crippen LogP contribution in [0.2, 0.25) is 0 Å². The van der Waals surface area contributed by atoms with Gasteiger partial charge < -0.3 is 4.90 Å². The van der Waals surface area contributed by atoms with Crippen molar-refractivity contribution in [1.82, 2.24) is 9.97 Å². The number of hydrogen-bond acceptors (Lipinski definition) is 4. The summed E-state index contributed by atoms with van der Waals surface area (Å²) in [6.07, 6.45) is 4.81. The standard InChI is InChI=1S/C22H28N3O/c1-15-14-20(25-12-5-6-19(10-13-25)18(4)26)7-8-21(15)17(3)22-23-11-9-16(2)24-22/h7-9,11,14,17,19H,2,5-6,10,12-13H2,1,3-4H3. The van der Waals surface area contributed by atoms with Gasteiger partial charge in [-0.3, -0.25) is 4.79 Å². The van der Waals surface area contributed by atoms with Crippen molar-refractivity contribution >= 4 is 11.5 Å². The van der Waals surface area contributed by atoms with Gasteiger partial charge in [0.05, 0.1) is 0 Å². The molecule has 1 saturated heterocycles. The van der Waals surface area contributed by atoms with Crippen molar-refractivity contribution in [3.8, 4) is 0 Å². The number of anilines is 1. The number of benzene rings is 1. The van der Waals surface area contributed by atoms with Gasteiger partial charge in [-0.1, -0.05) is 13.0 Å². The Balaban J connectivity index is 1.78. The number of ketones is 1. The fraction of sp³-hybridized carbons (Fsp3) is 0.455. The largest absolute Gasteiger partial charge is 0.372 e. The van der Waals surface area contributed by atoms with Gasteiger partial charge in [-0.2, -0.15) is 0 Å². The average Bonchev–Trinajstić information content (AvgIpc) is 2.87. The van der Waals surface area contributed by atoms with Gasteiger partial charge >= 0.3 is 0 Å². The van der Waals surface area contributed by atoms with E-state index in [2.05, 4.69) is 53.8 Å². The van der Waals surface area contributed by atoms with Gasteiger partial charge in [0, 0.05) is 42.5 Å². The van der Waals surface area contributed by atoms with E-state index >= 15 is 0 Å². The first-order valence-corrected chi connectivity index (χ1v) is 9.46. The lowest BCUT2D eigenvalue weighted by molar-refractivity contribution is -0.121. The highest BCUT2D eigenvalue weighted by Crippen LogP contribution is 2.29. The molecule has 1 aliphatic heterocycles. The van der Waals surface area contributed by atoms with Crippen LogP contribution in [-0.2, 0) is 4.79 Å². The Hall–Kier alpha value is -2.23. The minimum absolute atomic E-state index is 0.136. The van der Waals surface area contributed by atoms with Gasteiger partial charge in [0.15, 0.2) is 0 Å². The van der Waals surface area contributed by atoms with Gasteiger partial charge in [-0.05, 0) is 69.4 Å². The Morgan fingerprint density at radius 1 is 1.27 bits per heavy atom. The van der Waals surface area contributed by atoms with Crippen molar-refractivity contribution in [3.05, 3.63) is 60.0 Å². The summed E-state index contributed by atoms with van der Waals surface area (Å²) in [5, 5.41) is 0. The number of nitrogens with zero attached hydrogens (tertiary/aromatic N) is 3. The molecule has 0 N–H and O–H groups in total. The Bertz CT molecular complexity index is 787. The number of carbonyl (C=O) groups excluding carboxylic acids is 1. The van der Waals surface area contributed by atoms with Crippen LogP contribution in [0, 0.1) is 19.8 Å². The molecule has 1 radical (unpaired) electrons. The lowest BCUT2D eigenvalue weighted by atomic mass is 9.95. The van der Waals surface area contributed by atoms with Crippen LogP contribution in [0.15, 0.2) is 30.5 Å². The maximum Gasteiger partial charge on any atom is 0.135 e. The minimum atomic E-state index is 0.136. The van der Waals surface area contributed by atoms with E-state index < -0.39 is 0 Å². The van der Waals surface area contributed by atoms with E-state index in [1.54, 1.807) is 13.1 Å². The second-order valence-electron chi connectivity index (χ2n) is 7.39. The first-order valence-electron chi connectivity index (χ1n) is 9.46. The minimum Gasteiger partial charge on any atom is -0.372 e. The number of carbonyl (C=O) groups is 1. The number of aryl methyl sites for hydroxylation is 1. The van der Waals surface area contributed by atoms with Crippen molar-refractivity contribution < 1.29 is 4.79 Å². The highest BCUT2D eigenvalue weighted by atomic mass is 16.1. The Kier molecular flexibility index (Phi) is 5.70. The summed E-state index contributed by atoms with van der Waals surface area (Å²) < 4.78 is 0. The third kappa shape index (κ3) is 4.12. The monoisotopic (exact) mass is 350 g/mol. The molecule has 0 saturated carbocycles.